The van der Waals surface area contributed by atoms with Gasteiger partial charge in [-0.05, 0) is 30.2 Å². The lowest BCUT2D eigenvalue weighted by Crippen LogP contribution is -2.17. The van der Waals surface area contributed by atoms with Crippen LogP contribution in [0.3, 0.4) is 0 Å². The fraction of sp³-hybridized carbons (Fsp3) is 0.467. The Morgan fingerprint density at radius 1 is 1.33 bits per heavy atom. The highest BCUT2D eigenvalue weighted by molar-refractivity contribution is 5.85. The van der Waals surface area contributed by atoms with Crippen LogP contribution in [0.15, 0.2) is 24.4 Å². The van der Waals surface area contributed by atoms with Crippen LogP contribution in [-0.4, -0.2) is 18.2 Å². The first-order chi connectivity index (χ1) is 8.58. The van der Waals surface area contributed by atoms with Crippen LogP contribution in [0.25, 0.3) is 10.9 Å². The van der Waals surface area contributed by atoms with Crippen LogP contribution in [0.5, 0.6) is 5.75 Å². The summed E-state index contributed by atoms with van der Waals surface area (Å²) < 4.78 is 7.43. The van der Waals surface area contributed by atoms with Gasteiger partial charge in [0.15, 0.2) is 0 Å². The molecule has 0 spiro atoms. The van der Waals surface area contributed by atoms with Crippen LogP contribution in [0, 0.1) is 5.92 Å². The molecule has 3 nitrogen and oxygen atoms in total. The Hall–Kier alpha value is -1.48. The Morgan fingerprint density at radius 2 is 2.06 bits per heavy atom. The van der Waals surface area contributed by atoms with Crippen molar-refractivity contribution in [1.82, 2.24) is 4.57 Å². The molecule has 2 N–H and O–H groups in total. The number of fused-ring (bicyclic) bond motifs is 1. The highest BCUT2D eigenvalue weighted by Gasteiger charge is 2.19. The van der Waals surface area contributed by atoms with Gasteiger partial charge in [0, 0.05) is 30.6 Å². The maximum atomic E-state index is 5.93. The predicted molar refractivity (Wildman–Crippen MR) is 76.1 cm³/mol. The number of nitrogens with zero attached hydrogens (tertiary/aromatic N) is 1. The number of hydrogen-bond donors (Lipinski definition) is 1. The van der Waals surface area contributed by atoms with E-state index in [4.69, 9.17) is 10.5 Å². The minimum absolute atomic E-state index is 0.405. The molecule has 1 aromatic heterocycles. The number of ether oxygens (including phenoxy) is 1. The lowest BCUT2D eigenvalue weighted by molar-refractivity contribution is 0.415. The Kier molecular flexibility index (Phi) is 3.62. The van der Waals surface area contributed by atoms with Gasteiger partial charge < -0.3 is 15.0 Å². The van der Waals surface area contributed by atoms with Crippen LogP contribution in [0.2, 0.25) is 0 Å². The zero-order valence-corrected chi connectivity index (χ0v) is 11.6. The van der Waals surface area contributed by atoms with Crippen molar-refractivity contribution in [3.8, 4) is 5.75 Å². The van der Waals surface area contributed by atoms with E-state index in [1.807, 2.05) is 6.07 Å². The topological polar surface area (TPSA) is 40.2 Å². The van der Waals surface area contributed by atoms with Gasteiger partial charge in [0.05, 0.1) is 12.6 Å². The predicted octanol–water partition coefficient (Wildman–Crippen LogP) is 2.89. The highest BCUT2D eigenvalue weighted by Crippen LogP contribution is 2.33. The van der Waals surface area contributed by atoms with Crippen molar-refractivity contribution >= 4 is 10.9 Å². The molecule has 2 aromatic rings. The molecule has 1 heterocycles. The van der Waals surface area contributed by atoms with Crippen molar-refractivity contribution in [2.24, 2.45) is 18.7 Å². The van der Waals surface area contributed by atoms with E-state index in [0.717, 1.165) is 5.75 Å². The number of aryl methyl sites for hydroxylation is 1. The molecule has 98 valence electrons. The van der Waals surface area contributed by atoms with Crippen LogP contribution in [-0.2, 0) is 7.05 Å². The molecule has 0 radical (unpaired) electrons. The summed E-state index contributed by atoms with van der Waals surface area (Å²) in [7, 11) is 3.76. The fourth-order valence-electron chi connectivity index (χ4n) is 2.58. The smallest absolute Gasteiger partial charge is 0.120 e. The molecule has 1 aromatic carbocycles. The van der Waals surface area contributed by atoms with E-state index in [1.54, 1.807) is 7.11 Å². The molecule has 0 saturated heterocycles. The van der Waals surface area contributed by atoms with Gasteiger partial charge in [-0.15, -0.1) is 0 Å². The average Bonchev–Trinajstić information content (AvgIpc) is 2.67. The molecule has 3 heteroatoms. The first-order valence-electron chi connectivity index (χ1n) is 6.41. The summed E-state index contributed by atoms with van der Waals surface area (Å²) in [6, 6.07) is 6.22. The van der Waals surface area contributed by atoms with Crippen molar-refractivity contribution in [2.75, 3.05) is 13.7 Å². The molecule has 0 bridgehead atoms. The van der Waals surface area contributed by atoms with Gasteiger partial charge in [0.1, 0.15) is 5.75 Å². The maximum absolute atomic E-state index is 5.93. The molecule has 0 aliphatic carbocycles. The van der Waals surface area contributed by atoms with E-state index in [-0.39, 0.29) is 0 Å². The number of nitrogens with two attached hydrogens (primary N) is 1. The van der Waals surface area contributed by atoms with Gasteiger partial charge >= 0.3 is 0 Å². The molecular formula is C15H22N2O. The lowest BCUT2D eigenvalue weighted by Gasteiger charge is -2.18. The van der Waals surface area contributed by atoms with Crippen molar-refractivity contribution in [3.63, 3.8) is 0 Å². The number of methoxy groups -OCH3 is 1. The highest BCUT2D eigenvalue weighted by atomic mass is 16.5. The molecule has 0 amide bonds. The van der Waals surface area contributed by atoms with Crippen molar-refractivity contribution in [3.05, 3.63) is 30.0 Å². The van der Waals surface area contributed by atoms with E-state index in [0.29, 0.717) is 18.4 Å². The Bertz CT molecular complexity index is 543. The molecule has 18 heavy (non-hydrogen) atoms. The Labute approximate surface area is 109 Å². The SMILES string of the molecule is COc1ccc2c(C(CN)C(C)C)cn(C)c2c1. The first kappa shape index (κ1) is 13.0. The summed E-state index contributed by atoms with van der Waals surface area (Å²) >= 11 is 0. The second-order valence-corrected chi connectivity index (χ2v) is 5.16. The van der Waals surface area contributed by atoms with Gasteiger partial charge in [-0.1, -0.05) is 13.8 Å². The largest absolute Gasteiger partial charge is 0.497 e. The van der Waals surface area contributed by atoms with E-state index in [9.17, 15) is 0 Å². The normalized spacial score (nSPS) is 13.2. The third-order valence-corrected chi connectivity index (χ3v) is 3.69. The molecule has 2 rings (SSSR count). The van der Waals surface area contributed by atoms with E-state index >= 15 is 0 Å². The summed E-state index contributed by atoms with van der Waals surface area (Å²) in [4.78, 5) is 0. The zero-order chi connectivity index (χ0) is 13.3. The summed E-state index contributed by atoms with van der Waals surface area (Å²) in [6.45, 7) is 5.13. The molecule has 0 aliphatic rings. The number of hydrogen-bond acceptors (Lipinski definition) is 2. The standard InChI is InChI=1S/C15H22N2O/c1-10(2)13(8-16)14-9-17(3)15-7-11(18-4)5-6-12(14)15/h5-7,9-10,13H,8,16H2,1-4H3. The summed E-state index contributed by atoms with van der Waals surface area (Å²) in [5.74, 6) is 1.84. The second-order valence-electron chi connectivity index (χ2n) is 5.16. The van der Waals surface area contributed by atoms with Gasteiger partial charge in [0.25, 0.3) is 0 Å². The van der Waals surface area contributed by atoms with Crippen LogP contribution < -0.4 is 10.5 Å². The van der Waals surface area contributed by atoms with Crippen molar-refractivity contribution < 1.29 is 4.74 Å². The third kappa shape index (κ3) is 2.10. The van der Waals surface area contributed by atoms with Crippen molar-refractivity contribution in [2.45, 2.75) is 19.8 Å². The Morgan fingerprint density at radius 3 is 2.61 bits per heavy atom. The van der Waals surface area contributed by atoms with Crippen LogP contribution in [0.4, 0.5) is 0 Å². The summed E-state index contributed by atoms with van der Waals surface area (Å²) in [5.41, 5.74) is 8.47. The molecule has 0 aliphatic heterocycles. The van der Waals surface area contributed by atoms with E-state index < -0.39 is 0 Å². The quantitative estimate of drug-likeness (QED) is 0.901. The average molecular weight is 246 g/mol. The third-order valence-electron chi connectivity index (χ3n) is 3.69. The minimum atomic E-state index is 0.405. The summed E-state index contributed by atoms with van der Waals surface area (Å²) in [6.07, 6.45) is 2.20. The van der Waals surface area contributed by atoms with Gasteiger partial charge in [-0.2, -0.15) is 0 Å². The molecule has 0 fully saturated rings. The maximum Gasteiger partial charge on any atom is 0.120 e. The minimum Gasteiger partial charge on any atom is -0.497 e. The zero-order valence-electron chi connectivity index (χ0n) is 11.6. The molecule has 1 unspecified atom stereocenters. The number of rotatable bonds is 4. The number of benzene rings is 1. The van der Waals surface area contributed by atoms with Gasteiger partial charge in [-0.3, -0.25) is 0 Å². The Balaban J connectivity index is 2.59. The van der Waals surface area contributed by atoms with Gasteiger partial charge in [0.2, 0.25) is 0 Å². The van der Waals surface area contributed by atoms with E-state index in [1.165, 1.54) is 16.5 Å². The first-order valence-corrected chi connectivity index (χ1v) is 6.41. The molecular weight excluding hydrogens is 224 g/mol. The van der Waals surface area contributed by atoms with E-state index in [2.05, 4.69) is 43.8 Å². The van der Waals surface area contributed by atoms with Crippen LogP contribution >= 0.6 is 0 Å². The fourth-order valence-corrected chi connectivity index (χ4v) is 2.58. The monoisotopic (exact) mass is 246 g/mol. The summed E-state index contributed by atoms with van der Waals surface area (Å²) in [5, 5.41) is 1.28. The van der Waals surface area contributed by atoms with Gasteiger partial charge in [-0.25, -0.2) is 0 Å². The lowest BCUT2D eigenvalue weighted by atomic mass is 9.88. The number of aromatic nitrogens is 1. The molecule has 0 saturated carbocycles. The second kappa shape index (κ2) is 5.02. The van der Waals surface area contributed by atoms with Crippen LogP contribution in [0.1, 0.15) is 25.3 Å². The van der Waals surface area contributed by atoms with Crippen molar-refractivity contribution in [1.29, 1.82) is 0 Å². The molecule has 1 atom stereocenters.